The number of rotatable bonds is 6. The summed E-state index contributed by atoms with van der Waals surface area (Å²) in [6, 6.07) is 16.0. The van der Waals surface area contributed by atoms with Crippen molar-refractivity contribution in [3.63, 3.8) is 0 Å². The molecule has 2 heterocycles. The summed E-state index contributed by atoms with van der Waals surface area (Å²) in [7, 11) is 0. The maximum atomic E-state index is 12.9. The first-order valence-electron chi connectivity index (χ1n) is 11.4. The van der Waals surface area contributed by atoms with Gasteiger partial charge in [-0.15, -0.1) is 11.3 Å². The van der Waals surface area contributed by atoms with Crippen LogP contribution in [0.3, 0.4) is 0 Å². The Kier molecular flexibility index (Phi) is 6.27. The zero-order valence-electron chi connectivity index (χ0n) is 18.5. The third-order valence-electron chi connectivity index (χ3n) is 5.93. The van der Waals surface area contributed by atoms with E-state index in [9.17, 15) is 14.4 Å². The Balaban J connectivity index is 1.20. The van der Waals surface area contributed by atoms with E-state index in [1.807, 2.05) is 47.8 Å². The molecule has 4 amide bonds. The van der Waals surface area contributed by atoms with Crippen LogP contribution in [0.5, 0.6) is 0 Å². The lowest BCUT2D eigenvalue weighted by Gasteiger charge is -2.23. The zero-order valence-corrected chi connectivity index (χ0v) is 19.3. The highest BCUT2D eigenvalue weighted by atomic mass is 32.1. The van der Waals surface area contributed by atoms with Crippen LogP contribution in [0.4, 0.5) is 15.6 Å². The first kappa shape index (κ1) is 22.1. The van der Waals surface area contributed by atoms with E-state index in [-0.39, 0.29) is 17.8 Å². The van der Waals surface area contributed by atoms with Gasteiger partial charge in [0.15, 0.2) is 5.13 Å². The molecule has 0 bridgehead atoms. The molecule has 1 aromatic heterocycles. The Morgan fingerprint density at radius 2 is 1.71 bits per heavy atom. The lowest BCUT2D eigenvalue weighted by Crippen LogP contribution is -2.45. The van der Waals surface area contributed by atoms with Gasteiger partial charge in [0.2, 0.25) is 5.91 Å². The maximum absolute atomic E-state index is 12.9. The van der Waals surface area contributed by atoms with Gasteiger partial charge in [0.25, 0.3) is 5.91 Å². The molecular formula is C25H25N5O3S. The minimum absolute atomic E-state index is 0.0577. The quantitative estimate of drug-likeness (QED) is 0.493. The molecule has 8 nitrogen and oxygen atoms in total. The number of carbonyl (C=O) groups is 3. The fraction of sp³-hybridized carbons (Fsp3) is 0.280. The van der Waals surface area contributed by atoms with E-state index < -0.39 is 6.04 Å². The first-order valence-corrected chi connectivity index (χ1v) is 12.2. The largest absolute Gasteiger partial charge is 0.349 e. The average Bonchev–Trinajstić information content (AvgIpc) is 3.32. The topological polar surface area (TPSA) is 103 Å². The van der Waals surface area contributed by atoms with Crippen LogP contribution in [0.2, 0.25) is 0 Å². The highest BCUT2D eigenvalue weighted by molar-refractivity contribution is 7.14. The monoisotopic (exact) mass is 475 g/mol. The molecule has 3 N–H and O–H groups in total. The number of likely N-dealkylation sites (tertiary alicyclic amines) is 1. The second kappa shape index (κ2) is 9.64. The van der Waals surface area contributed by atoms with Crippen LogP contribution in [0.15, 0.2) is 60.0 Å². The van der Waals surface area contributed by atoms with E-state index in [0.29, 0.717) is 35.4 Å². The van der Waals surface area contributed by atoms with Crippen LogP contribution in [0, 0.1) is 0 Å². The molecule has 1 saturated heterocycles. The summed E-state index contributed by atoms with van der Waals surface area (Å²) in [4.78, 5) is 43.9. The van der Waals surface area contributed by atoms with Crippen LogP contribution < -0.4 is 16.0 Å². The van der Waals surface area contributed by atoms with Gasteiger partial charge in [0.05, 0.1) is 5.69 Å². The smallest absolute Gasteiger partial charge is 0.322 e. The van der Waals surface area contributed by atoms with Crippen molar-refractivity contribution in [3.8, 4) is 11.3 Å². The number of nitrogens with zero attached hydrogens (tertiary/aromatic N) is 2. The van der Waals surface area contributed by atoms with Crippen molar-refractivity contribution in [3.05, 3.63) is 65.5 Å². The lowest BCUT2D eigenvalue weighted by atomic mass is 10.1. The number of carbonyl (C=O) groups excluding carboxylic acids is 3. The van der Waals surface area contributed by atoms with Crippen molar-refractivity contribution in [1.82, 2.24) is 15.2 Å². The molecule has 0 unspecified atom stereocenters. The van der Waals surface area contributed by atoms with Crippen molar-refractivity contribution in [1.29, 1.82) is 0 Å². The summed E-state index contributed by atoms with van der Waals surface area (Å²) in [5.74, 6) is -0.300. The number of amides is 4. The molecule has 174 valence electrons. The number of aromatic nitrogens is 1. The molecule has 2 aliphatic rings. The van der Waals surface area contributed by atoms with E-state index in [0.717, 1.165) is 30.5 Å². The third kappa shape index (κ3) is 5.09. The summed E-state index contributed by atoms with van der Waals surface area (Å²) in [6.07, 6.45) is 3.47. The minimum atomic E-state index is -0.541. The number of para-hydroxylation sites is 1. The van der Waals surface area contributed by atoms with E-state index in [1.165, 1.54) is 11.3 Å². The molecule has 0 spiro atoms. The fourth-order valence-electron chi connectivity index (χ4n) is 3.94. The van der Waals surface area contributed by atoms with Gasteiger partial charge in [0.1, 0.15) is 6.04 Å². The lowest BCUT2D eigenvalue weighted by molar-refractivity contribution is -0.119. The summed E-state index contributed by atoms with van der Waals surface area (Å²) in [5.41, 5.74) is 2.90. The molecule has 1 aliphatic carbocycles. The number of thiazole rings is 1. The SMILES string of the molecule is O=C(NC1CC1)c1ccc(-c2csc(NC(=O)[C@H]3CCCN3C(=O)Nc3ccccc3)n2)cc1. The molecule has 34 heavy (non-hydrogen) atoms. The molecule has 1 saturated carbocycles. The highest BCUT2D eigenvalue weighted by Crippen LogP contribution is 2.27. The number of anilines is 2. The van der Waals surface area contributed by atoms with Gasteiger partial charge in [0, 0.05) is 34.8 Å². The van der Waals surface area contributed by atoms with Crippen molar-refractivity contribution >= 4 is 40.0 Å². The standard InChI is InChI=1S/C25H25N5O3S/c31-22(26-19-12-13-19)17-10-8-16(9-11-17)20-15-34-24(28-20)29-23(32)21-7-4-14-30(21)25(33)27-18-5-2-1-3-6-18/h1-3,5-6,8-11,15,19,21H,4,7,12-14H2,(H,26,31)(H,27,33)(H,28,29,32)/t21-/m1/s1. The Bertz CT molecular complexity index is 1190. The van der Waals surface area contributed by atoms with Crippen molar-refractivity contribution in [2.45, 2.75) is 37.8 Å². The Morgan fingerprint density at radius 1 is 0.941 bits per heavy atom. The van der Waals surface area contributed by atoms with Crippen LogP contribution in [0.25, 0.3) is 11.3 Å². The van der Waals surface area contributed by atoms with E-state index in [1.54, 1.807) is 17.0 Å². The Labute approximate surface area is 201 Å². The van der Waals surface area contributed by atoms with Crippen molar-refractivity contribution in [2.24, 2.45) is 0 Å². The van der Waals surface area contributed by atoms with Crippen LogP contribution in [-0.4, -0.2) is 46.4 Å². The predicted molar refractivity (Wildman–Crippen MR) is 132 cm³/mol. The zero-order chi connectivity index (χ0) is 23.5. The third-order valence-corrected chi connectivity index (χ3v) is 6.69. The van der Waals surface area contributed by atoms with Gasteiger partial charge in [-0.25, -0.2) is 9.78 Å². The molecule has 1 aliphatic heterocycles. The Hall–Kier alpha value is -3.72. The summed E-state index contributed by atoms with van der Waals surface area (Å²) >= 11 is 1.33. The normalized spacial score (nSPS) is 17.3. The first-order chi connectivity index (χ1) is 16.6. The number of urea groups is 1. The molecule has 1 atom stereocenters. The van der Waals surface area contributed by atoms with Gasteiger partial charge in [-0.2, -0.15) is 0 Å². The number of nitrogens with one attached hydrogen (secondary N) is 3. The summed E-state index contributed by atoms with van der Waals surface area (Å²) in [6.45, 7) is 0.528. The van der Waals surface area contributed by atoms with Gasteiger partial charge >= 0.3 is 6.03 Å². The van der Waals surface area contributed by atoms with Crippen LogP contribution >= 0.6 is 11.3 Å². The van der Waals surface area contributed by atoms with Gasteiger partial charge in [-0.1, -0.05) is 30.3 Å². The Morgan fingerprint density at radius 3 is 2.44 bits per heavy atom. The molecule has 5 rings (SSSR count). The summed E-state index contributed by atoms with van der Waals surface area (Å²) in [5, 5.41) is 11.0. The van der Waals surface area contributed by atoms with E-state index in [2.05, 4.69) is 20.9 Å². The maximum Gasteiger partial charge on any atom is 0.322 e. The molecule has 2 aromatic carbocycles. The van der Waals surface area contributed by atoms with Crippen molar-refractivity contribution < 1.29 is 14.4 Å². The molecule has 2 fully saturated rings. The molecular weight excluding hydrogens is 450 g/mol. The highest BCUT2D eigenvalue weighted by Gasteiger charge is 2.34. The predicted octanol–water partition coefficient (Wildman–Crippen LogP) is 4.34. The van der Waals surface area contributed by atoms with Gasteiger partial charge in [-0.3, -0.25) is 9.59 Å². The van der Waals surface area contributed by atoms with Crippen LogP contribution in [-0.2, 0) is 4.79 Å². The average molecular weight is 476 g/mol. The van der Waals surface area contributed by atoms with Gasteiger partial charge < -0.3 is 20.9 Å². The minimum Gasteiger partial charge on any atom is -0.349 e. The molecule has 9 heteroatoms. The second-order valence-corrected chi connectivity index (χ2v) is 9.36. The summed E-state index contributed by atoms with van der Waals surface area (Å²) < 4.78 is 0. The second-order valence-electron chi connectivity index (χ2n) is 8.50. The number of hydrogen-bond acceptors (Lipinski definition) is 5. The van der Waals surface area contributed by atoms with E-state index in [4.69, 9.17) is 0 Å². The molecule has 3 aromatic rings. The number of benzene rings is 2. The van der Waals surface area contributed by atoms with E-state index >= 15 is 0 Å². The number of hydrogen-bond donors (Lipinski definition) is 3. The van der Waals surface area contributed by atoms with Gasteiger partial charge in [-0.05, 0) is 49.9 Å². The van der Waals surface area contributed by atoms with Crippen LogP contribution in [0.1, 0.15) is 36.0 Å². The molecule has 0 radical (unpaired) electrons. The fourth-order valence-corrected chi connectivity index (χ4v) is 4.66. The van der Waals surface area contributed by atoms with Crippen molar-refractivity contribution in [2.75, 3.05) is 17.2 Å².